The molecule has 4 nitrogen and oxygen atoms in total. The molecule has 18 heavy (non-hydrogen) atoms. The number of nitrogens with one attached hydrogen (secondary N) is 1. The molecule has 0 aromatic heterocycles. The summed E-state index contributed by atoms with van der Waals surface area (Å²) < 4.78 is 6.03. The van der Waals surface area contributed by atoms with Gasteiger partial charge in [0.15, 0.2) is 6.07 Å². The second-order valence-electron chi connectivity index (χ2n) is 4.53. The first kappa shape index (κ1) is 14.5. The lowest BCUT2D eigenvalue weighted by molar-refractivity contribution is -0.116. The third-order valence-electron chi connectivity index (χ3n) is 2.73. The van der Waals surface area contributed by atoms with Gasteiger partial charge in [-0.1, -0.05) is 19.9 Å². The summed E-state index contributed by atoms with van der Waals surface area (Å²) in [5.41, 5.74) is 0.787. The van der Waals surface area contributed by atoms with E-state index >= 15 is 0 Å². The van der Waals surface area contributed by atoms with Crippen molar-refractivity contribution in [1.29, 1.82) is 5.26 Å². The fraction of sp³-hybridized carbons (Fsp3) is 0.385. The van der Waals surface area contributed by atoms with Gasteiger partial charge in [-0.05, 0) is 33.6 Å². The molecule has 0 aliphatic heterocycles. The molecule has 0 heterocycles. The number of rotatable bonds is 4. The minimum Gasteiger partial charge on any atom is -0.496 e. The van der Waals surface area contributed by atoms with Crippen molar-refractivity contribution in [2.75, 3.05) is 13.7 Å². The minimum absolute atomic E-state index is 0.263. The van der Waals surface area contributed by atoms with Crippen LogP contribution in [0.1, 0.15) is 19.4 Å². The number of hydrogen-bond acceptors (Lipinski definition) is 3. The molecule has 0 unspecified atom stereocenters. The lowest BCUT2D eigenvalue weighted by atomic mass is 9.84. The van der Waals surface area contributed by atoms with Crippen LogP contribution < -0.4 is 10.1 Å². The molecule has 0 bridgehead atoms. The van der Waals surface area contributed by atoms with Gasteiger partial charge in [0, 0.05) is 12.0 Å². The highest BCUT2D eigenvalue weighted by Gasteiger charge is 2.22. The van der Waals surface area contributed by atoms with E-state index < -0.39 is 5.91 Å². The van der Waals surface area contributed by atoms with E-state index in [0.717, 1.165) is 15.8 Å². The van der Waals surface area contributed by atoms with Crippen LogP contribution in [0.2, 0.25) is 0 Å². The van der Waals surface area contributed by atoms with Gasteiger partial charge in [0.05, 0.1) is 11.6 Å². The van der Waals surface area contributed by atoms with E-state index in [4.69, 9.17) is 10.00 Å². The molecule has 0 saturated carbocycles. The van der Waals surface area contributed by atoms with E-state index in [2.05, 4.69) is 21.2 Å². The van der Waals surface area contributed by atoms with Crippen LogP contribution >= 0.6 is 15.9 Å². The summed E-state index contributed by atoms with van der Waals surface area (Å²) in [6, 6.07) is 7.31. The fourth-order valence-corrected chi connectivity index (χ4v) is 2.07. The predicted octanol–water partition coefficient (Wildman–Crippen LogP) is 2.38. The first-order valence-electron chi connectivity index (χ1n) is 5.42. The molecule has 0 fully saturated rings. The third kappa shape index (κ3) is 3.47. The van der Waals surface area contributed by atoms with E-state index in [0.29, 0.717) is 6.54 Å². The number of carbonyl (C=O) groups excluding carboxylic acids is 1. The molecular formula is C13H15BrN2O2. The van der Waals surface area contributed by atoms with Gasteiger partial charge in [0.1, 0.15) is 5.75 Å². The molecule has 0 aliphatic rings. The standard InChI is InChI=1S/C13H15BrN2O2/c1-13(2,8-16-12(17)7-15)9-4-5-11(18-3)10(14)6-9/h4-6H,8H2,1-3H3,(H,16,17). The predicted molar refractivity (Wildman–Crippen MR) is 72.3 cm³/mol. The average Bonchev–Trinajstić information content (AvgIpc) is 2.35. The Morgan fingerprint density at radius 1 is 1.56 bits per heavy atom. The van der Waals surface area contributed by atoms with Crippen molar-refractivity contribution >= 4 is 21.8 Å². The second-order valence-corrected chi connectivity index (χ2v) is 5.38. The van der Waals surface area contributed by atoms with Gasteiger partial charge in [-0.2, -0.15) is 5.26 Å². The van der Waals surface area contributed by atoms with Gasteiger partial charge in [-0.25, -0.2) is 0 Å². The molecule has 0 spiro atoms. The monoisotopic (exact) mass is 310 g/mol. The molecule has 0 atom stereocenters. The summed E-state index contributed by atoms with van der Waals surface area (Å²) in [5, 5.41) is 11.0. The van der Waals surface area contributed by atoms with Crippen LogP contribution in [-0.4, -0.2) is 19.6 Å². The van der Waals surface area contributed by atoms with E-state index in [1.54, 1.807) is 7.11 Å². The molecule has 1 rings (SSSR count). The quantitative estimate of drug-likeness (QED) is 0.868. The van der Waals surface area contributed by atoms with Crippen molar-refractivity contribution in [3.8, 4) is 11.8 Å². The van der Waals surface area contributed by atoms with Crippen molar-refractivity contribution in [3.05, 3.63) is 28.2 Å². The summed E-state index contributed by atoms with van der Waals surface area (Å²) in [5.74, 6) is 0.145. The Kier molecular flexibility index (Phi) is 4.74. The first-order valence-corrected chi connectivity index (χ1v) is 6.22. The Labute approximate surface area is 115 Å². The molecule has 0 saturated heterocycles. The zero-order valence-electron chi connectivity index (χ0n) is 10.6. The van der Waals surface area contributed by atoms with Gasteiger partial charge in [-0.3, -0.25) is 4.79 Å². The molecule has 0 radical (unpaired) electrons. The number of halogens is 1. The summed E-state index contributed by atoms with van der Waals surface area (Å²) >= 11 is 3.43. The van der Waals surface area contributed by atoms with E-state index in [9.17, 15) is 4.79 Å². The van der Waals surface area contributed by atoms with Gasteiger partial charge < -0.3 is 10.1 Å². The summed E-state index contributed by atoms with van der Waals surface area (Å²) in [6.45, 7) is 4.40. The van der Waals surface area contributed by atoms with Crippen LogP contribution in [0.3, 0.4) is 0 Å². The number of nitrogens with zero attached hydrogens (tertiary/aromatic N) is 1. The third-order valence-corrected chi connectivity index (χ3v) is 3.35. The lowest BCUT2D eigenvalue weighted by Gasteiger charge is -2.25. The highest BCUT2D eigenvalue weighted by molar-refractivity contribution is 9.10. The second kappa shape index (κ2) is 5.87. The topological polar surface area (TPSA) is 62.1 Å². The molecule has 96 valence electrons. The molecule has 1 N–H and O–H groups in total. The SMILES string of the molecule is COc1ccc(C(C)(C)CNC(=O)C#N)cc1Br. The lowest BCUT2D eigenvalue weighted by Crippen LogP contribution is -2.36. The molecular weight excluding hydrogens is 296 g/mol. The Morgan fingerprint density at radius 2 is 2.22 bits per heavy atom. The Balaban J connectivity index is 2.88. The van der Waals surface area contributed by atoms with E-state index in [-0.39, 0.29) is 5.41 Å². The number of nitriles is 1. The van der Waals surface area contributed by atoms with Crippen molar-refractivity contribution in [2.24, 2.45) is 0 Å². The summed E-state index contributed by atoms with van der Waals surface area (Å²) in [6.07, 6.45) is 0. The molecule has 5 heteroatoms. The Morgan fingerprint density at radius 3 is 2.72 bits per heavy atom. The summed E-state index contributed by atoms with van der Waals surface area (Å²) in [7, 11) is 1.61. The minimum atomic E-state index is -0.615. The number of hydrogen-bond donors (Lipinski definition) is 1. The zero-order chi connectivity index (χ0) is 13.8. The number of amides is 1. The number of carbonyl (C=O) groups is 1. The maximum absolute atomic E-state index is 11.0. The smallest absolute Gasteiger partial charge is 0.322 e. The first-order chi connectivity index (χ1) is 8.40. The largest absolute Gasteiger partial charge is 0.496 e. The summed E-state index contributed by atoms with van der Waals surface area (Å²) in [4.78, 5) is 11.0. The number of benzene rings is 1. The van der Waals surface area contributed by atoms with Gasteiger partial charge in [-0.15, -0.1) is 0 Å². The van der Waals surface area contributed by atoms with E-state index in [1.165, 1.54) is 6.07 Å². The van der Waals surface area contributed by atoms with Crippen LogP contribution in [0, 0.1) is 11.3 Å². The van der Waals surface area contributed by atoms with Crippen molar-refractivity contribution in [1.82, 2.24) is 5.32 Å². The fourth-order valence-electron chi connectivity index (χ4n) is 1.53. The average molecular weight is 311 g/mol. The van der Waals surface area contributed by atoms with Gasteiger partial charge in [0.25, 0.3) is 0 Å². The molecule has 1 amide bonds. The Bertz CT molecular complexity index is 492. The van der Waals surface area contributed by atoms with E-state index in [1.807, 2.05) is 32.0 Å². The van der Waals surface area contributed by atoms with Crippen LogP contribution in [0.5, 0.6) is 5.75 Å². The van der Waals surface area contributed by atoms with Gasteiger partial charge >= 0.3 is 5.91 Å². The Hall–Kier alpha value is -1.54. The van der Waals surface area contributed by atoms with Crippen LogP contribution in [0.25, 0.3) is 0 Å². The van der Waals surface area contributed by atoms with Gasteiger partial charge in [0.2, 0.25) is 0 Å². The highest BCUT2D eigenvalue weighted by Crippen LogP contribution is 2.31. The zero-order valence-corrected chi connectivity index (χ0v) is 12.2. The normalized spacial score (nSPS) is 10.6. The van der Waals surface area contributed by atoms with Crippen LogP contribution in [0.4, 0.5) is 0 Å². The van der Waals surface area contributed by atoms with Crippen molar-refractivity contribution < 1.29 is 9.53 Å². The van der Waals surface area contributed by atoms with Crippen molar-refractivity contribution in [2.45, 2.75) is 19.3 Å². The van der Waals surface area contributed by atoms with Crippen molar-refractivity contribution in [3.63, 3.8) is 0 Å². The maximum Gasteiger partial charge on any atom is 0.322 e. The molecule has 0 aliphatic carbocycles. The van der Waals surface area contributed by atoms with Crippen LogP contribution in [-0.2, 0) is 10.2 Å². The molecule has 1 aromatic rings. The number of ether oxygens (including phenoxy) is 1. The highest BCUT2D eigenvalue weighted by atomic mass is 79.9. The number of methoxy groups -OCH3 is 1. The maximum atomic E-state index is 11.0. The molecule has 1 aromatic carbocycles. The van der Waals surface area contributed by atoms with Crippen LogP contribution in [0.15, 0.2) is 22.7 Å².